The Balaban J connectivity index is 1.49. The van der Waals surface area contributed by atoms with Crippen molar-refractivity contribution >= 4 is 33.8 Å². The molecule has 0 aliphatic carbocycles. The third kappa shape index (κ3) is 5.23. The molecule has 6 nitrogen and oxygen atoms in total. The number of amides is 2. The van der Waals surface area contributed by atoms with E-state index < -0.39 is 0 Å². The zero-order valence-electron chi connectivity index (χ0n) is 16.2. The van der Waals surface area contributed by atoms with Gasteiger partial charge in [0.15, 0.2) is 5.76 Å². The number of hydrogen-bond acceptors (Lipinski definition) is 5. The lowest BCUT2D eigenvalue weighted by Crippen LogP contribution is -2.28. The van der Waals surface area contributed by atoms with E-state index in [0.717, 1.165) is 5.56 Å². The lowest BCUT2D eigenvalue weighted by molar-refractivity contribution is 0.0955. The van der Waals surface area contributed by atoms with Crippen molar-refractivity contribution in [3.05, 3.63) is 70.7 Å². The fraction of sp³-hybridized carbons (Fsp3) is 0.238. The highest BCUT2D eigenvalue weighted by atomic mass is 32.1. The summed E-state index contributed by atoms with van der Waals surface area (Å²) in [4.78, 5) is 26.9. The van der Waals surface area contributed by atoms with Crippen LogP contribution in [0, 0.1) is 12.7 Å². The van der Waals surface area contributed by atoms with Crippen LogP contribution in [0.3, 0.4) is 0 Å². The standard InChI is InChI=1S/C21H22FN3O3S/c1-14-13-18(24-20(26)17-9-5-12-28-17)29-19(14)21(27)23-10-6-11-25(2)16-8-4-3-7-15(16)22/h3-5,7-9,12-13H,6,10-11H2,1-2H3,(H,23,27)(H,24,26). The molecule has 2 aromatic heterocycles. The molecule has 0 saturated carbocycles. The Morgan fingerprint density at radius 1 is 1.17 bits per heavy atom. The number of halogens is 1. The third-order valence-corrected chi connectivity index (χ3v) is 5.48. The number of nitrogens with zero attached hydrogens (tertiary/aromatic N) is 1. The predicted octanol–water partition coefficient (Wildman–Crippen LogP) is 4.30. The molecule has 0 radical (unpaired) electrons. The number of nitrogens with one attached hydrogen (secondary N) is 2. The Bertz CT molecular complexity index is 985. The molecular weight excluding hydrogens is 393 g/mol. The molecule has 0 saturated heterocycles. The lowest BCUT2D eigenvalue weighted by Gasteiger charge is -2.19. The Kier molecular flexibility index (Phi) is 6.66. The van der Waals surface area contributed by atoms with Crippen molar-refractivity contribution in [1.29, 1.82) is 0 Å². The number of benzene rings is 1. The second-order valence-electron chi connectivity index (χ2n) is 6.54. The number of carbonyl (C=O) groups is 2. The average Bonchev–Trinajstić information content (AvgIpc) is 3.35. The van der Waals surface area contributed by atoms with E-state index in [4.69, 9.17) is 4.42 Å². The van der Waals surface area contributed by atoms with Crippen LogP contribution in [0.2, 0.25) is 0 Å². The summed E-state index contributed by atoms with van der Waals surface area (Å²) in [5, 5.41) is 6.18. The minimum Gasteiger partial charge on any atom is -0.459 e. The number of hydrogen-bond donors (Lipinski definition) is 2. The van der Waals surface area contributed by atoms with E-state index in [2.05, 4.69) is 10.6 Å². The maximum absolute atomic E-state index is 13.8. The molecule has 0 unspecified atom stereocenters. The number of anilines is 2. The van der Waals surface area contributed by atoms with Gasteiger partial charge in [-0.1, -0.05) is 12.1 Å². The van der Waals surface area contributed by atoms with Gasteiger partial charge in [-0.3, -0.25) is 9.59 Å². The molecule has 2 heterocycles. The molecule has 3 rings (SSSR count). The molecule has 29 heavy (non-hydrogen) atoms. The van der Waals surface area contributed by atoms with Crippen LogP contribution in [0.5, 0.6) is 0 Å². The van der Waals surface area contributed by atoms with Gasteiger partial charge in [0.1, 0.15) is 5.82 Å². The van der Waals surface area contributed by atoms with Crippen LogP contribution < -0.4 is 15.5 Å². The molecule has 0 spiro atoms. The summed E-state index contributed by atoms with van der Waals surface area (Å²) >= 11 is 1.21. The second kappa shape index (κ2) is 9.38. The molecule has 152 valence electrons. The van der Waals surface area contributed by atoms with E-state index in [-0.39, 0.29) is 23.4 Å². The van der Waals surface area contributed by atoms with Crippen molar-refractivity contribution in [3.8, 4) is 0 Å². The van der Waals surface area contributed by atoms with Gasteiger partial charge in [-0.05, 0) is 49.2 Å². The molecule has 0 aliphatic heterocycles. The van der Waals surface area contributed by atoms with E-state index in [1.54, 1.807) is 36.4 Å². The summed E-state index contributed by atoms with van der Waals surface area (Å²) in [6, 6.07) is 11.6. The topological polar surface area (TPSA) is 74.6 Å². The van der Waals surface area contributed by atoms with Gasteiger partial charge in [-0.25, -0.2) is 4.39 Å². The second-order valence-corrected chi connectivity index (χ2v) is 7.59. The van der Waals surface area contributed by atoms with Crippen molar-refractivity contribution in [2.24, 2.45) is 0 Å². The highest BCUT2D eigenvalue weighted by Crippen LogP contribution is 2.27. The Labute approximate surface area is 172 Å². The Hall–Kier alpha value is -3.13. The van der Waals surface area contributed by atoms with Gasteiger partial charge in [0, 0.05) is 20.1 Å². The van der Waals surface area contributed by atoms with Crippen molar-refractivity contribution in [2.45, 2.75) is 13.3 Å². The largest absolute Gasteiger partial charge is 0.459 e. The zero-order chi connectivity index (χ0) is 20.8. The van der Waals surface area contributed by atoms with Gasteiger partial charge in [-0.15, -0.1) is 11.3 Å². The molecule has 2 amide bonds. The van der Waals surface area contributed by atoms with Crippen LogP contribution in [0.1, 0.15) is 32.2 Å². The van der Waals surface area contributed by atoms with Gasteiger partial charge in [0.25, 0.3) is 11.8 Å². The first kappa shape index (κ1) is 20.6. The normalized spacial score (nSPS) is 10.6. The Morgan fingerprint density at radius 3 is 2.69 bits per heavy atom. The zero-order valence-corrected chi connectivity index (χ0v) is 17.0. The molecule has 0 bridgehead atoms. The van der Waals surface area contributed by atoms with Crippen LogP contribution in [-0.2, 0) is 0 Å². The van der Waals surface area contributed by atoms with Crippen molar-refractivity contribution in [2.75, 3.05) is 30.4 Å². The minimum absolute atomic E-state index is 0.195. The van der Waals surface area contributed by atoms with E-state index in [1.165, 1.54) is 23.7 Å². The molecule has 8 heteroatoms. The summed E-state index contributed by atoms with van der Waals surface area (Å²) in [6.45, 7) is 2.89. The van der Waals surface area contributed by atoms with Crippen molar-refractivity contribution < 1.29 is 18.4 Å². The van der Waals surface area contributed by atoms with Crippen molar-refractivity contribution in [3.63, 3.8) is 0 Å². The van der Waals surface area contributed by atoms with Crippen LogP contribution in [0.4, 0.5) is 15.1 Å². The van der Waals surface area contributed by atoms with Gasteiger partial charge in [0.05, 0.1) is 21.8 Å². The first-order chi connectivity index (χ1) is 14.0. The molecule has 0 fully saturated rings. The first-order valence-electron chi connectivity index (χ1n) is 9.15. The van der Waals surface area contributed by atoms with Gasteiger partial charge < -0.3 is 20.0 Å². The fourth-order valence-electron chi connectivity index (χ4n) is 2.83. The van der Waals surface area contributed by atoms with E-state index in [1.807, 2.05) is 18.9 Å². The fourth-order valence-corrected chi connectivity index (χ4v) is 3.81. The maximum atomic E-state index is 13.8. The number of carbonyl (C=O) groups excluding carboxylic acids is 2. The van der Waals surface area contributed by atoms with Gasteiger partial charge >= 0.3 is 0 Å². The molecule has 2 N–H and O–H groups in total. The highest BCUT2D eigenvalue weighted by molar-refractivity contribution is 7.18. The van der Waals surface area contributed by atoms with Gasteiger partial charge in [0.2, 0.25) is 0 Å². The van der Waals surface area contributed by atoms with Crippen LogP contribution in [0.25, 0.3) is 0 Å². The summed E-state index contributed by atoms with van der Waals surface area (Å²) in [7, 11) is 1.82. The number of rotatable bonds is 8. The molecule has 0 atom stereocenters. The van der Waals surface area contributed by atoms with E-state index >= 15 is 0 Å². The molecule has 1 aromatic carbocycles. The predicted molar refractivity (Wildman–Crippen MR) is 112 cm³/mol. The van der Waals surface area contributed by atoms with Crippen molar-refractivity contribution in [1.82, 2.24) is 5.32 Å². The van der Waals surface area contributed by atoms with Gasteiger partial charge in [-0.2, -0.15) is 0 Å². The lowest BCUT2D eigenvalue weighted by atomic mass is 10.2. The Morgan fingerprint density at radius 2 is 1.97 bits per heavy atom. The number of furan rings is 1. The smallest absolute Gasteiger partial charge is 0.291 e. The SMILES string of the molecule is Cc1cc(NC(=O)c2ccco2)sc1C(=O)NCCCN(C)c1ccccc1F. The molecule has 0 aliphatic rings. The maximum Gasteiger partial charge on any atom is 0.291 e. The monoisotopic (exact) mass is 415 g/mol. The van der Waals surface area contributed by atoms with Crippen LogP contribution in [-0.4, -0.2) is 32.0 Å². The molecular formula is C21H22FN3O3S. The number of thiophene rings is 1. The third-order valence-electron chi connectivity index (χ3n) is 4.33. The number of para-hydroxylation sites is 1. The summed E-state index contributed by atoms with van der Waals surface area (Å²) < 4.78 is 18.8. The van der Waals surface area contributed by atoms with E-state index in [9.17, 15) is 14.0 Å². The summed E-state index contributed by atoms with van der Waals surface area (Å²) in [6.07, 6.45) is 2.10. The molecule has 3 aromatic rings. The highest BCUT2D eigenvalue weighted by Gasteiger charge is 2.16. The van der Waals surface area contributed by atoms with Crippen LogP contribution >= 0.6 is 11.3 Å². The average molecular weight is 415 g/mol. The van der Waals surface area contributed by atoms with Crippen LogP contribution in [0.15, 0.2) is 53.1 Å². The summed E-state index contributed by atoms with van der Waals surface area (Å²) in [5.41, 5.74) is 1.32. The summed E-state index contributed by atoms with van der Waals surface area (Å²) in [5.74, 6) is -0.614. The van der Waals surface area contributed by atoms with E-state index in [0.29, 0.717) is 35.1 Å². The first-order valence-corrected chi connectivity index (χ1v) is 9.96. The number of aryl methyl sites for hydroxylation is 1. The minimum atomic E-state index is -0.362. The quantitative estimate of drug-likeness (QED) is 0.538.